The first-order chi connectivity index (χ1) is 12.3. The van der Waals surface area contributed by atoms with Gasteiger partial charge in [0, 0.05) is 36.7 Å². The van der Waals surface area contributed by atoms with E-state index in [4.69, 9.17) is 0 Å². The van der Waals surface area contributed by atoms with Crippen molar-refractivity contribution in [1.29, 1.82) is 0 Å². The predicted molar refractivity (Wildman–Crippen MR) is 101 cm³/mol. The lowest BCUT2D eigenvalue weighted by molar-refractivity contribution is 0.301. The van der Waals surface area contributed by atoms with Gasteiger partial charge in [0.05, 0.1) is 4.90 Å². The van der Waals surface area contributed by atoms with Crippen molar-refractivity contribution in [1.82, 2.24) is 14.2 Å². The standard InChI is InChI=1S/C19H22FN3O2S/c1-22(2)19(17-13-23(3)18-7-5-4-6-16(17)18)12-21-26(24,25)15-10-8-14(20)9-11-15/h4-11,13,19,21H,12H2,1-3H3. The van der Waals surface area contributed by atoms with Crippen LogP contribution in [0.15, 0.2) is 59.6 Å². The molecule has 0 aliphatic heterocycles. The van der Waals surface area contributed by atoms with Crippen LogP contribution in [0.25, 0.3) is 10.9 Å². The van der Waals surface area contributed by atoms with Gasteiger partial charge in [-0.25, -0.2) is 17.5 Å². The van der Waals surface area contributed by atoms with E-state index in [1.54, 1.807) is 0 Å². The molecule has 138 valence electrons. The smallest absolute Gasteiger partial charge is 0.240 e. The van der Waals surface area contributed by atoms with Crippen LogP contribution in [-0.4, -0.2) is 38.5 Å². The van der Waals surface area contributed by atoms with Crippen LogP contribution >= 0.6 is 0 Å². The minimum absolute atomic E-state index is 0.0503. The fraction of sp³-hybridized carbons (Fsp3) is 0.263. The number of fused-ring (bicyclic) bond motifs is 1. The van der Waals surface area contributed by atoms with E-state index < -0.39 is 15.8 Å². The van der Waals surface area contributed by atoms with Gasteiger partial charge in [-0.15, -0.1) is 0 Å². The first kappa shape index (κ1) is 18.6. The van der Waals surface area contributed by atoms with E-state index in [9.17, 15) is 12.8 Å². The average Bonchev–Trinajstić information content (AvgIpc) is 2.92. The molecule has 0 fully saturated rings. The first-order valence-electron chi connectivity index (χ1n) is 8.25. The second-order valence-electron chi connectivity index (χ2n) is 6.50. The number of rotatable bonds is 6. The third kappa shape index (κ3) is 3.65. The van der Waals surface area contributed by atoms with Crippen molar-refractivity contribution in [3.8, 4) is 0 Å². The maximum atomic E-state index is 13.0. The SMILES string of the molecule is CN(C)C(CNS(=O)(=O)c1ccc(F)cc1)c1cn(C)c2ccccc12. The van der Waals surface area contributed by atoms with E-state index in [1.165, 1.54) is 12.1 Å². The zero-order valence-corrected chi connectivity index (χ0v) is 15.8. The molecule has 0 spiro atoms. The summed E-state index contributed by atoms with van der Waals surface area (Å²) in [6.07, 6.45) is 2.03. The van der Waals surface area contributed by atoms with Crippen LogP contribution in [-0.2, 0) is 17.1 Å². The molecule has 1 N–H and O–H groups in total. The number of aromatic nitrogens is 1. The maximum absolute atomic E-state index is 13.0. The Labute approximate surface area is 153 Å². The summed E-state index contributed by atoms with van der Waals surface area (Å²) >= 11 is 0. The van der Waals surface area contributed by atoms with Crippen molar-refractivity contribution in [2.24, 2.45) is 7.05 Å². The van der Waals surface area contributed by atoms with Gasteiger partial charge in [-0.1, -0.05) is 18.2 Å². The second kappa shape index (κ2) is 7.19. The summed E-state index contributed by atoms with van der Waals surface area (Å²) in [4.78, 5) is 2.03. The highest BCUT2D eigenvalue weighted by Gasteiger charge is 2.22. The van der Waals surface area contributed by atoms with E-state index in [0.29, 0.717) is 0 Å². The molecule has 0 amide bonds. The molecule has 0 bridgehead atoms. The number of aryl methyl sites for hydroxylation is 1. The fourth-order valence-electron chi connectivity index (χ4n) is 3.09. The normalized spacial score (nSPS) is 13.4. The molecular formula is C19H22FN3O2S. The van der Waals surface area contributed by atoms with Crippen molar-refractivity contribution in [3.05, 3.63) is 66.1 Å². The highest BCUT2D eigenvalue weighted by molar-refractivity contribution is 7.89. The van der Waals surface area contributed by atoms with Gasteiger partial charge in [0.2, 0.25) is 10.0 Å². The van der Waals surface area contributed by atoms with E-state index in [0.717, 1.165) is 28.6 Å². The summed E-state index contributed by atoms with van der Waals surface area (Å²) in [6, 6.07) is 12.7. The molecule has 3 aromatic rings. The molecule has 3 rings (SSSR count). The van der Waals surface area contributed by atoms with Crippen LogP contribution in [0.5, 0.6) is 0 Å². The van der Waals surface area contributed by atoms with Crippen molar-refractivity contribution < 1.29 is 12.8 Å². The molecule has 26 heavy (non-hydrogen) atoms. The van der Waals surface area contributed by atoms with Crippen molar-refractivity contribution in [2.75, 3.05) is 20.6 Å². The molecule has 0 radical (unpaired) electrons. The molecule has 0 aliphatic rings. The van der Waals surface area contributed by atoms with Crippen molar-refractivity contribution in [3.63, 3.8) is 0 Å². The Balaban J connectivity index is 1.88. The van der Waals surface area contributed by atoms with Gasteiger partial charge >= 0.3 is 0 Å². The van der Waals surface area contributed by atoms with Crippen LogP contribution in [0.3, 0.4) is 0 Å². The third-order valence-corrected chi connectivity index (χ3v) is 5.94. The number of para-hydroxylation sites is 1. The number of likely N-dealkylation sites (N-methyl/N-ethyl adjacent to an activating group) is 1. The topological polar surface area (TPSA) is 54.3 Å². The lowest BCUT2D eigenvalue weighted by atomic mass is 10.1. The highest BCUT2D eigenvalue weighted by Crippen LogP contribution is 2.28. The molecule has 1 aromatic heterocycles. The Morgan fingerprint density at radius 2 is 1.77 bits per heavy atom. The largest absolute Gasteiger partial charge is 0.350 e. The summed E-state index contributed by atoms with van der Waals surface area (Å²) in [5.41, 5.74) is 2.14. The summed E-state index contributed by atoms with van der Waals surface area (Å²) in [5, 5.41) is 1.09. The van der Waals surface area contributed by atoms with Crippen LogP contribution in [0.4, 0.5) is 4.39 Å². The van der Waals surface area contributed by atoms with Crippen LogP contribution in [0, 0.1) is 5.82 Å². The van der Waals surface area contributed by atoms with Gasteiger partial charge < -0.3 is 9.47 Å². The monoisotopic (exact) mass is 375 g/mol. The maximum Gasteiger partial charge on any atom is 0.240 e. The molecule has 1 atom stereocenters. The van der Waals surface area contributed by atoms with Crippen LogP contribution < -0.4 is 4.72 Å². The van der Waals surface area contributed by atoms with Gasteiger partial charge in [0.25, 0.3) is 0 Å². The zero-order valence-electron chi connectivity index (χ0n) is 15.0. The number of hydrogen-bond acceptors (Lipinski definition) is 3. The summed E-state index contributed by atoms with van der Waals surface area (Å²) < 4.78 is 42.8. The minimum atomic E-state index is -3.71. The number of nitrogens with one attached hydrogen (secondary N) is 1. The molecule has 7 heteroatoms. The Morgan fingerprint density at radius 3 is 2.42 bits per heavy atom. The molecule has 0 saturated heterocycles. The number of sulfonamides is 1. The van der Waals surface area contributed by atoms with Gasteiger partial charge in [-0.3, -0.25) is 0 Å². The van der Waals surface area contributed by atoms with Crippen molar-refractivity contribution in [2.45, 2.75) is 10.9 Å². The fourth-order valence-corrected chi connectivity index (χ4v) is 4.13. The quantitative estimate of drug-likeness (QED) is 0.721. The Kier molecular flexibility index (Phi) is 5.13. The number of benzene rings is 2. The van der Waals surface area contributed by atoms with Crippen LogP contribution in [0.2, 0.25) is 0 Å². The molecule has 0 saturated carbocycles. The molecule has 2 aromatic carbocycles. The zero-order chi connectivity index (χ0) is 18.9. The lowest BCUT2D eigenvalue weighted by Crippen LogP contribution is -2.34. The number of nitrogens with zero attached hydrogens (tertiary/aromatic N) is 2. The average molecular weight is 375 g/mol. The highest BCUT2D eigenvalue weighted by atomic mass is 32.2. The minimum Gasteiger partial charge on any atom is -0.350 e. The van der Waals surface area contributed by atoms with Gasteiger partial charge in [0.15, 0.2) is 0 Å². The van der Waals surface area contributed by atoms with E-state index >= 15 is 0 Å². The van der Waals surface area contributed by atoms with E-state index in [-0.39, 0.29) is 17.5 Å². The number of halogens is 1. The summed E-state index contributed by atoms with van der Waals surface area (Å²) in [6.45, 7) is 0.209. The van der Waals surface area contributed by atoms with Gasteiger partial charge in [-0.05, 0) is 50.0 Å². The van der Waals surface area contributed by atoms with E-state index in [1.807, 2.05) is 61.1 Å². The van der Waals surface area contributed by atoms with Crippen LogP contribution in [0.1, 0.15) is 11.6 Å². The lowest BCUT2D eigenvalue weighted by Gasteiger charge is -2.24. The second-order valence-corrected chi connectivity index (χ2v) is 8.26. The molecule has 1 unspecified atom stereocenters. The van der Waals surface area contributed by atoms with Crippen molar-refractivity contribution >= 4 is 20.9 Å². The van der Waals surface area contributed by atoms with Gasteiger partial charge in [0.1, 0.15) is 5.82 Å². The third-order valence-electron chi connectivity index (χ3n) is 4.50. The summed E-state index contributed by atoms with van der Waals surface area (Å²) in [7, 11) is 2.09. The molecule has 0 aliphatic carbocycles. The molecule has 5 nitrogen and oxygen atoms in total. The van der Waals surface area contributed by atoms with Gasteiger partial charge in [-0.2, -0.15) is 0 Å². The Bertz CT molecular complexity index is 1010. The molecule has 1 heterocycles. The molecular weight excluding hydrogens is 353 g/mol. The summed E-state index contributed by atoms with van der Waals surface area (Å²) in [5.74, 6) is -0.467. The Morgan fingerprint density at radius 1 is 1.12 bits per heavy atom. The first-order valence-corrected chi connectivity index (χ1v) is 9.73. The predicted octanol–water partition coefficient (Wildman–Crippen LogP) is 2.90. The van der Waals surface area contributed by atoms with E-state index in [2.05, 4.69) is 4.72 Å². The number of hydrogen-bond donors (Lipinski definition) is 1. The Hall–Kier alpha value is -2.22.